The molecule has 2 heterocycles. The van der Waals surface area contributed by atoms with E-state index in [1.54, 1.807) is 0 Å². The van der Waals surface area contributed by atoms with Crippen LogP contribution >= 0.6 is 11.3 Å². The van der Waals surface area contributed by atoms with E-state index in [0.717, 1.165) is 37.5 Å². The van der Waals surface area contributed by atoms with Crippen molar-refractivity contribution in [1.29, 1.82) is 0 Å². The van der Waals surface area contributed by atoms with Gasteiger partial charge in [0.2, 0.25) is 0 Å². The van der Waals surface area contributed by atoms with Crippen LogP contribution in [-0.2, 0) is 0 Å². The van der Waals surface area contributed by atoms with Gasteiger partial charge < -0.3 is 16.0 Å². The van der Waals surface area contributed by atoms with E-state index >= 15 is 0 Å². The molecule has 1 unspecified atom stereocenters. The molecule has 1 saturated heterocycles. The topological polar surface area (TPSA) is 71.2 Å². The number of anilines is 2. The van der Waals surface area contributed by atoms with Crippen LogP contribution in [0, 0.1) is 0 Å². The van der Waals surface area contributed by atoms with Gasteiger partial charge in [0.05, 0.1) is 0 Å². The number of thiazole rings is 1. The van der Waals surface area contributed by atoms with E-state index < -0.39 is 0 Å². The van der Waals surface area contributed by atoms with Gasteiger partial charge in [-0.1, -0.05) is 31.1 Å². The summed E-state index contributed by atoms with van der Waals surface area (Å²) in [7, 11) is 0. The summed E-state index contributed by atoms with van der Waals surface area (Å²) in [6.07, 6.45) is 6.92. The highest BCUT2D eigenvalue weighted by molar-refractivity contribution is 7.18. The van der Waals surface area contributed by atoms with E-state index in [1.807, 2.05) is 6.92 Å². The molecule has 1 amide bonds. The molecule has 6 heteroatoms. The third-order valence-corrected chi connectivity index (χ3v) is 4.97. The van der Waals surface area contributed by atoms with Gasteiger partial charge in [0.15, 0.2) is 5.13 Å². The number of rotatable bonds is 6. The van der Waals surface area contributed by atoms with Crippen molar-refractivity contribution >= 4 is 28.2 Å². The molecule has 1 aliphatic heterocycles. The summed E-state index contributed by atoms with van der Waals surface area (Å²) in [5.74, 6) is 0.276. The molecule has 21 heavy (non-hydrogen) atoms. The number of carbonyl (C=O) groups is 1. The molecule has 118 valence electrons. The summed E-state index contributed by atoms with van der Waals surface area (Å²) < 4.78 is 0. The SMILES string of the molecule is CCCCC(C)NC(=O)c1sc(N2CCCCC2)nc1N. The number of nitrogens with one attached hydrogen (secondary N) is 1. The predicted octanol–water partition coefficient (Wildman–Crippen LogP) is 3.02. The fourth-order valence-electron chi connectivity index (χ4n) is 2.58. The Labute approximate surface area is 130 Å². The molecule has 0 radical (unpaired) electrons. The second-order valence-electron chi connectivity index (χ2n) is 5.78. The number of piperidine rings is 1. The molecule has 0 bridgehead atoms. The first-order valence-electron chi connectivity index (χ1n) is 7.94. The number of hydrogen-bond acceptors (Lipinski definition) is 5. The normalized spacial score (nSPS) is 16.8. The molecule has 1 aliphatic rings. The number of hydrogen-bond donors (Lipinski definition) is 2. The molecule has 5 nitrogen and oxygen atoms in total. The number of nitrogens with two attached hydrogens (primary N) is 1. The highest BCUT2D eigenvalue weighted by Crippen LogP contribution is 2.30. The van der Waals surface area contributed by atoms with Gasteiger partial charge in [-0.25, -0.2) is 4.98 Å². The minimum Gasteiger partial charge on any atom is -0.382 e. The molecule has 3 N–H and O–H groups in total. The van der Waals surface area contributed by atoms with Crippen LogP contribution in [-0.4, -0.2) is 30.0 Å². The van der Waals surface area contributed by atoms with E-state index in [9.17, 15) is 4.79 Å². The average molecular weight is 310 g/mol. The van der Waals surface area contributed by atoms with Gasteiger partial charge in [-0.2, -0.15) is 0 Å². The molecule has 0 aliphatic carbocycles. The Kier molecular flexibility index (Phi) is 5.85. The van der Waals surface area contributed by atoms with Crippen LogP contribution in [0.2, 0.25) is 0 Å². The van der Waals surface area contributed by atoms with Gasteiger partial charge in [0, 0.05) is 19.1 Å². The zero-order valence-electron chi connectivity index (χ0n) is 13.0. The summed E-state index contributed by atoms with van der Waals surface area (Å²) in [5, 5.41) is 3.91. The smallest absolute Gasteiger partial charge is 0.265 e. The van der Waals surface area contributed by atoms with E-state index in [0.29, 0.717) is 10.7 Å². The third kappa shape index (κ3) is 4.33. The lowest BCUT2D eigenvalue weighted by molar-refractivity contribution is 0.0943. The predicted molar refractivity (Wildman–Crippen MR) is 89.0 cm³/mol. The van der Waals surface area contributed by atoms with Crippen LogP contribution < -0.4 is 16.0 Å². The summed E-state index contributed by atoms with van der Waals surface area (Å²) in [4.78, 5) is 19.5. The molecule has 1 fully saturated rings. The van der Waals surface area contributed by atoms with Gasteiger partial charge in [-0.3, -0.25) is 4.79 Å². The first-order valence-corrected chi connectivity index (χ1v) is 8.75. The van der Waals surface area contributed by atoms with Crippen molar-refractivity contribution < 1.29 is 4.79 Å². The van der Waals surface area contributed by atoms with E-state index in [4.69, 9.17) is 5.73 Å². The van der Waals surface area contributed by atoms with Gasteiger partial charge in [-0.15, -0.1) is 0 Å². The number of carbonyl (C=O) groups excluding carboxylic acids is 1. The molecule has 0 saturated carbocycles. The molecule has 0 aromatic carbocycles. The van der Waals surface area contributed by atoms with Crippen LogP contribution in [0.4, 0.5) is 10.9 Å². The lowest BCUT2D eigenvalue weighted by Gasteiger charge is -2.25. The quantitative estimate of drug-likeness (QED) is 0.847. The third-order valence-electron chi connectivity index (χ3n) is 3.84. The van der Waals surface area contributed by atoms with Crippen molar-refractivity contribution in [3.05, 3.63) is 4.88 Å². The Morgan fingerprint density at radius 1 is 1.43 bits per heavy atom. The second-order valence-corrected chi connectivity index (χ2v) is 6.75. The fourth-order valence-corrected chi connectivity index (χ4v) is 3.52. The van der Waals surface area contributed by atoms with Crippen LogP contribution in [0.5, 0.6) is 0 Å². The number of nitrogen functional groups attached to an aromatic ring is 1. The maximum Gasteiger partial charge on any atom is 0.265 e. The van der Waals surface area contributed by atoms with Gasteiger partial charge in [0.1, 0.15) is 10.7 Å². The zero-order valence-corrected chi connectivity index (χ0v) is 13.8. The van der Waals surface area contributed by atoms with Crippen LogP contribution in [0.1, 0.15) is 62.0 Å². The van der Waals surface area contributed by atoms with Gasteiger partial charge >= 0.3 is 0 Å². The van der Waals surface area contributed by atoms with E-state index in [-0.39, 0.29) is 11.9 Å². The van der Waals surface area contributed by atoms with Crippen molar-refractivity contribution in [2.45, 2.75) is 58.4 Å². The molecule has 1 aromatic rings. The first-order chi connectivity index (χ1) is 10.1. The number of nitrogens with zero attached hydrogens (tertiary/aromatic N) is 2. The zero-order chi connectivity index (χ0) is 15.2. The molecule has 1 aromatic heterocycles. The molecule has 1 atom stereocenters. The average Bonchev–Trinajstić information content (AvgIpc) is 2.88. The highest BCUT2D eigenvalue weighted by atomic mass is 32.1. The molecular weight excluding hydrogens is 284 g/mol. The van der Waals surface area contributed by atoms with Crippen molar-refractivity contribution in [2.24, 2.45) is 0 Å². The van der Waals surface area contributed by atoms with E-state index in [1.165, 1.54) is 30.6 Å². The van der Waals surface area contributed by atoms with Crippen molar-refractivity contribution in [3.8, 4) is 0 Å². The van der Waals surface area contributed by atoms with Crippen molar-refractivity contribution in [1.82, 2.24) is 10.3 Å². The largest absolute Gasteiger partial charge is 0.382 e. The Balaban J connectivity index is 1.99. The Hall–Kier alpha value is -1.30. The number of amides is 1. The molecular formula is C15H26N4OS. The first kappa shape index (κ1) is 16.1. The Morgan fingerprint density at radius 3 is 2.81 bits per heavy atom. The summed E-state index contributed by atoms with van der Waals surface area (Å²) in [6.45, 7) is 6.22. The second kappa shape index (κ2) is 7.64. The van der Waals surface area contributed by atoms with Crippen LogP contribution in [0.25, 0.3) is 0 Å². The maximum atomic E-state index is 12.3. The van der Waals surface area contributed by atoms with Gasteiger partial charge in [-0.05, 0) is 32.6 Å². The molecule has 2 rings (SSSR count). The van der Waals surface area contributed by atoms with Crippen LogP contribution in [0.15, 0.2) is 0 Å². The summed E-state index contributed by atoms with van der Waals surface area (Å²) in [6, 6.07) is 0.178. The maximum absolute atomic E-state index is 12.3. The minimum absolute atomic E-state index is 0.0862. The lowest BCUT2D eigenvalue weighted by Crippen LogP contribution is -2.32. The summed E-state index contributed by atoms with van der Waals surface area (Å²) >= 11 is 1.42. The highest BCUT2D eigenvalue weighted by Gasteiger charge is 2.21. The summed E-state index contributed by atoms with van der Waals surface area (Å²) in [5.41, 5.74) is 5.94. The van der Waals surface area contributed by atoms with Crippen LogP contribution in [0.3, 0.4) is 0 Å². The number of unbranched alkanes of at least 4 members (excludes halogenated alkanes) is 1. The Bertz CT molecular complexity index is 468. The molecule has 0 spiro atoms. The fraction of sp³-hybridized carbons (Fsp3) is 0.733. The van der Waals surface area contributed by atoms with Crippen molar-refractivity contribution in [3.63, 3.8) is 0 Å². The Morgan fingerprint density at radius 2 is 2.14 bits per heavy atom. The van der Waals surface area contributed by atoms with Crippen molar-refractivity contribution in [2.75, 3.05) is 23.7 Å². The number of aromatic nitrogens is 1. The minimum atomic E-state index is -0.0862. The monoisotopic (exact) mass is 310 g/mol. The standard InChI is InChI=1S/C15H26N4OS/c1-3-4-8-11(2)17-14(20)12-13(16)18-15(21-12)19-9-6-5-7-10-19/h11H,3-10,16H2,1-2H3,(H,17,20). The lowest BCUT2D eigenvalue weighted by atomic mass is 10.1. The van der Waals surface area contributed by atoms with E-state index in [2.05, 4.69) is 22.1 Å². The van der Waals surface area contributed by atoms with Gasteiger partial charge in [0.25, 0.3) is 5.91 Å².